The van der Waals surface area contributed by atoms with Crippen molar-refractivity contribution in [3.05, 3.63) is 23.8 Å². The monoisotopic (exact) mass is 265 g/mol. The average Bonchev–Trinajstić information content (AvgIpc) is 2.45. The first-order valence-corrected chi connectivity index (χ1v) is 6.86. The Bertz CT molecular complexity index is 422. The van der Waals surface area contributed by atoms with E-state index >= 15 is 0 Å². The zero-order chi connectivity index (χ0) is 13.8. The molecule has 2 rings (SSSR count). The summed E-state index contributed by atoms with van der Waals surface area (Å²) in [5.41, 5.74) is 0.818. The van der Waals surface area contributed by atoms with Gasteiger partial charge in [0.1, 0.15) is 24.2 Å². The Labute approximate surface area is 114 Å². The van der Waals surface area contributed by atoms with E-state index in [0.717, 1.165) is 36.4 Å². The van der Waals surface area contributed by atoms with Crippen LogP contribution in [0.3, 0.4) is 0 Å². The second-order valence-corrected chi connectivity index (χ2v) is 5.06. The topological polar surface area (TPSA) is 41.9 Å². The molecule has 1 N–H and O–H groups in total. The Morgan fingerprint density at radius 1 is 1.47 bits per heavy atom. The molecule has 1 heterocycles. The smallest absolute Gasteiger partial charge is 0.125 e. The van der Waals surface area contributed by atoms with Crippen LogP contribution in [0.4, 0.5) is 0 Å². The highest BCUT2D eigenvalue weighted by Crippen LogP contribution is 2.36. The van der Waals surface area contributed by atoms with Gasteiger partial charge in [0.25, 0.3) is 0 Å². The SMILES string of the molecule is CCCCN(C)C1COc2ccc(OC)cc2C1O. The van der Waals surface area contributed by atoms with Gasteiger partial charge in [-0.3, -0.25) is 4.90 Å². The third-order valence-electron chi connectivity index (χ3n) is 3.74. The van der Waals surface area contributed by atoms with Gasteiger partial charge >= 0.3 is 0 Å². The third kappa shape index (κ3) is 3.01. The van der Waals surface area contributed by atoms with Crippen LogP contribution in [0.2, 0.25) is 0 Å². The molecule has 1 aromatic rings. The third-order valence-corrected chi connectivity index (χ3v) is 3.74. The van der Waals surface area contributed by atoms with Gasteiger partial charge < -0.3 is 14.6 Å². The lowest BCUT2D eigenvalue weighted by atomic mass is 9.97. The molecular weight excluding hydrogens is 242 g/mol. The van der Waals surface area contributed by atoms with Crippen molar-refractivity contribution in [1.29, 1.82) is 0 Å². The van der Waals surface area contributed by atoms with E-state index in [-0.39, 0.29) is 6.04 Å². The molecule has 4 heteroatoms. The fraction of sp³-hybridized carbons (Fsp3) is 0.600. The van der Waals surface area contributed by atoms with Gasteiger partial charge in [0.2, 0.25) is 0 Å². The number of ether oxygens (including phenoxy) is 2. The summed E-state index contributed by atoms with van der Waals surface area (Å²) < 4.78 is 11.0. The van der Waals surface area contributed by atoms with E-state index in [2.05, 4.69) is 11.8 Å². The maximum atomic E-state index is 10.5. The number of aliphatic hydroxyl groups excluding tert-OH is 1. The van der Waals surface area contributed by atoms with Gasteiger partial charge in [0.15, 0.2) is 0 Å². The zero-order valence-electron chi connectivity index (χ0n) is 11.9. The van der Waals surface area contributed by atoms with E-state index in [1.54, 1.807) is 7.11 Å². The molecule has 2 atom stereocenters. The van der Waals surface area contributed by atoms with Crippen molar-refractivity contribution < 1.29 is 14.6 Å². The normalized spacial score (nSPS) is 21.9. The number of methoxy groups -OCH3 is 1. The number of aliphatic hydroxyl groups is 1. The summed E-state index contributed by atoms with van der Waals surface area (Å²) in [4.78, 5) is 2.18. The van der Waals surface area contributed by atoms with Gasteiger partial charge in [-0.25, -0.2) is 0 Å². The summed E-state index contributed by atoms with van der Waals surface area (Å²) in [6, 6.07) is 5.58. The molecule has 106 valence electrons. The van der Waals surface area contributed by atoms with Crippen LogP contribution >= 0.6 is 0 Å². The largest absolute Gasteiger partial charge is 0.497 e. The second kappa shape index (κ2) is 6.26. The molecule has 0 radical (unpaired) electrons. The van der Waals surface area contributed by atoms with Crippen molar-refractivity contribution >= 4 is 0 Å². The van der Waals surface area contributed by atoms with Crippen molar-refractivity contribution in [2.45, 2.75) is 31.9 Å². The van der Waals surface area contributed by atoms with Gasteiger partial charge in [-0.1, -0.05) is 13.3 Å². The highest BCUT2D eigenvalue weighted by Gasteiger charge is 2.32. The number of hydrogen-bond donors (Lipinski definition) is 1. The predicted molar refractivity (Wildman–Crippen MR) is 74.8 cm³/mol. The summed E-state index contributed by atoms with van der Waals surface area (Å²) in [6.45, 7) is 3.67. The van der Waals surface area contributed by atoms with Crippen molar-refractivity contribution in [2.75, 3.05) is 27.3 Å². The van der Waals surface area contributed by atoms with Crippen LogP contribution < -0.4 is 9.47 Å². The van der Waals surface area contributed by atoms with E-state index in [1.807, 2.05) is 25.2 Å². The van der Waals surface area contributed by atoms with Gasteiger partial charge in [0, 0.05) is 5.56 Å². The van der Waals surface area contributed by atoms with Gasteiger partial charge in [0.05, 0.1) is 13.2 Å². The molecular formula is C15H23NO3. The number of nitrogens with zero attached hydrogens (tertiary/aromatic N) is 1. The lowest BCUT2D eigenvalue weighted by Crippen LogP contribution is -2.44. The zero-order valence-corrected chi connectivity index (χ0v) is 11.9. The fourth-order valence-corrected chi connectivity index (χ4v) is 2.43. The maximum Gasteiger partial charge on any atom is 0.125 e. The van der Waals surface area contributed by atoms with Crippen molar-refractivity contribution in [3.8, 4) is 11.5 Å². The van der Waals surface area contributed by atoms with E-state index in [0.29, 0.717) is 6.61 Å². The minimum absolute atomic E-state index is 0.00570. The van der Waals surface area contributed by atoms with Crippen molar-refractivity contribution in [2.24, 2.45) is 0 Å². The van der Waals surface area contributed by atoms with Crippen LogP contribution in [0.25, 0.3) is 0 Å². The minimum Gasteiger partial charge on any atom is -0.497 e. The Morgan fingerprint density at radius 2 is 2.26 bits per heavy atom. The number of benzene rings is 1. The highest BCUT2D eigenvalue weighted by atomic mass is 16.5. The number of rotatable bonds is 5. The molecule has 19 heavy (non-hydrogen) atoms. The second-order valence-electron chi connectivity index (χ2n) is 5.06. The summed E-state index contributed by atoms with van der Waals surface area (Å²) in [5, 5.41) is 10.5. The summed E-state index contributed by atoms with van der Waals surface area (Å²) in [5.74, 6) is 1.51. The molecule has 1 aliphatic heterocycles. The molecule has 1 aromatic carbocycles. The molecule has 0 aliphatic carbocycles. The summed E-state index contributed by atoms with van der Waals surface area (Å²) in [7, 11) is 3.67. The van der Waals surface area contributed by atoms with E-state index in [1.165, 1.54) is 0 Å². The summed E-state index contributed by atoms with van der Waals surface area (Å²) >= 11 is 0. The van der Waals surface area contributed by atoms with Crippen LogP contribution in [0.15, 0.2) is 18.2 Å². The van der Waals surface area contributed by atoms with Crippen molar-refractivity contribution in [3.63, 3.8) is 0 Å². The average molecular weight is 265 g/mol. The van der Waals surface area contributed by atoms with Gasteiger partial charge in [-0.2, -0.15) is 0 Å². The molecule has 0 bridgehead atoms. The Kier molecular flexibility index (Phi) is 4.66. The van der Waals surface area contributed by atoms with Crippen LogP contribution in [0, 0.1) is 0 Å². The molecule has 0 saturated heterocycles. The van der Waals surface area contributed by atoms with Gasteiger partial charge in [-0.05, 0) is 38.2 Å². The van der Waals surface area contributed by atoms with E-state index in [4.69, 9.17) is 9.47 Å². The molecule has 1 aliphatic rings. The molecule has 0 aromatic heterocycles. The lowest BCUT2D eigenvalue weighted by molar-refractivity contribution is 0.0145. The number of fused-ring (bicyclic) bond motifs is 1. The first kappa shape index (κ1) is 14.2. The predicted octanol–water partition coefficient (Wildman–Crippen LogP) is 2.22. The molecule has 4 nitrogen and oxygen atoms in total. The Morgan fingerprint density at radius 3 is 2.95 bits per heavy atom. The Hall–Kier alpha value is -1.26. The summed E-state index contributed by atoms with van der Waals surface area (Å²) in [6.07, 6.45) is 1.75. The quantitative estimate of drug-likeness (QED) is 0.886. The molecule has 0 spiro atoms. The van der Waals surface area contributed by atoms with Crippen LogP contribution in [-0.2, 0) is 0 Å². The maximum absolute atomic E-state index is 10.5. The van der Waals surface area contributed by atoms with Crippen LogP contribution in [0.5, 0.6) is 11.5 Å². The number of hydrogen-bond acceptors (Lipinski definition) is 4. The molecule has 0 amide bonds. The molecule has 0 saturated carbocycles. The highest BCUT2D eigenvalue weighted by molar-refractivity contribution is 5.43. The van der Waals surface area contributed by atoms with E-state index < -0.39 is 6.10 Å². The molecule has 0 fully saturated rings. The van der Waals surface area contributed by atoms with Crippen molar-refractivity contribution in [1.82, 2.24) is 4.90 Å². The Balaban J connectivity index is 2.15. The van der Waals surface area contributed by atoms with E-state index in [9.17, 15) is 5.11 Å². The first-order valence-electron chi connectivity index (χ1n) is 6.86. The molecule has 2 unspecified atom stereocenters. The fourth-order valence-electron chi connectivity index (χ4n) is 2.43. The minimum atomic E-state index is -0.527. The lowest BCUT2D eigenvalue weighted by Gasteiger charge is -2.36. The number of unbranched alkanes of at least 4 members (excludes halogenated alkanes) is 1. The standard InChI is InChI=1S/C15H23NO3/c1-4-5-8-16(2)13-10-19-14-7-6-11(18-3)9-12(14)15(13)17/h6-7,9,13,15,17H,4-5,8,10H2,1-3H3. The van der Waals surface area contributed by atoms with Crippen LogP contribution in [0.1, 0.15) is 31.4 Å². The van der Waals surface area contributed by atoms with Crippen LogP contribution in [-0.4, -0.2) is 43.4 Å². The van der Waals surface area contributed by atoms with Gasteiger partial charge in [-0.15, -0.1) is 0 Å². The first-order chi connectivity index (χ1) is 9.17. The number of likely N-dealkylation sites (N-methyl/N-ethyl adjacent to an activating group) is 1.